The van der Waals surface area contributed by atoms with Crippen molar-refractivity contribution in [1.82, 2.24) is 5.32 Å². The molecule has 0 spiro atoms. The Kier molecular flexibility index (Phi) is 38.3. The van der Waals surface area contributed by atoms with Gasteiger partial charge in [0.2, 0.25) is 5.91 Å². The molecular weight excluding hydrogens is 675 g/mol. The van der Waals surface area contributed by atoms with E-state index in [2.05, 4.69) is 19.2 Å². The topological polar surface area (TPSA) is 151 Å². The SMILES string of the molecule is CCCCCCCCCCCCCCCCCCCCCCCC(O)C(COP(=O)(O)OCCN)NC(=O)CC(O)CCCCCCCCCCC. The van der Waals surface area contributed by atoms with Crippen molar-refractivity contribution in [3.63, 3.8) is 0 Å². The predicted molar refractivity (Wildman–Crippen MR) is 218 cm³/mol. The average Bonchev–Trinajstić information content (AvgIpc) is 3.12. The van der Waals surface area contributed by atoms with Gasteiger partial charge in [0, 0.05) is 6.54 Å². The van der Waals surface area contributed by atoms with Crippen LogP contribution in [0, 0.1) is 0 Å². The van der Waals surface area contributed by atoms with E-state index in [1.54, 1.807) is 0 Å². The Morgan fingerprint density at radius 2 is 0.923 bits per heavy atom. The van der Waals surface area contributed by atoms with Gasteiger partial charge < -0.3 is 26.2 Å². The molecular formula is C42H87N2O7P. The van der Waals surface area contributed by atoms with Gasteiger partial charge in [-0.05, 0) is 12.8 Å². The number of aliphatic hydroxyl groups excluding tert-OH is 2. The molecule has 0 radical (unpaired) electrons. The van der Waals surface area contributed by atoms with Crippen LogP contribution in [-0.4, -0.2) is 59.0 Å². The maximum atomic E-state index is 12.8. The van der Waals surface area contributed by atoms with Crippen molar-refractivity contribution in [2.24, 2.45) is 5.73 Å². The zero-order chi connectivity index (χ0) is 38.4. The Morgan fingerprint density at radius 1 is 0.577 bits per heavy atom. The van der Waals surface area contributed by atoms with E-state index in [0.717, 1.165) is 38.5 Å². The molecule has 9 nitrogen and oxygen atoms in total. The quantitative estimate of drug-likeness (QED) is 0.0304. The summed E-state index contributed by atoms with van der Waals surface area (Å²) < 4.78 is 22.1. The fourth-order valence-electron chi connectivity index (χ4n) is 6.89. The molecule has 6 N–H and O–H groups in total. The zero-order valence-corrected chi connectivity index (χ0v) is 35.1. The van der Waals surface area contributed by atoms with Gasteiger partial charge in [-0.2, -0.15) is 0 Å². The van der Waals surface area contributed by atoms with Gasteiger partial charge >= 0.3 is 7.82 Å². The number of rotatable bonds is 42. The molecule has 0 aliphatic carbocycles. The van der Waals surface area contributed by atoms with Crippen LogP contribution in [0.2, 0.25) is 0 Å². The maximum absolute atomic E-state index is 12.8. The second-order valence-electron chi connectivity index (χ2n) is 15.5. The molecule has 4 unspecified atom stereocenters. The number of nitrogens with two attached hydrogens (primary N) is 1. The first kappa shape index (κ1) is 51.5. The number of hydrogen-bond acceptors (Lipinski definition) is 7. The summed E-state index contributed by atoms with van der Waals surface area (Å²) in [6.07, 6.45) is 37.3. The van der Waals surface area contributed by atoms with E-state index in [1.807, 2.05) is 0 Å². The lowest BCUT2D eigenvalue weighted by Crippen LogP contribution is -2.47. The van der Waals surface area contributed by atoms with E-state index in [-0.39, 0.29) is 26.2 Å². The number of nitrogens with one attached hydrogen (secondary N) is 1. The van der Waals surface area contributed by atoms with Crippen LogP contribution in [0.1, 0.15) is 226 Å². The molecule has 4 atom stereocenters. The van der Waals surface area contributed by atoms with Gasteiger partial charge in [0.25, 0.3) is 0 Å². The third-order valence-electron chi connectivity index (χ3n) is 10.3. The molecule has 0 aromatic heterocycles. The number of hydrogen-bond donors (Lipinski definition) is 5. The first-order valence-corrected chi connectivity index (χ1v) is 23.7. The minimum Gasteiger partial charge on any atom is -0.393 e. The Morgan fingerprint density at radius 3 is 1.29 bits per heavy atom. The van der Waals surface area contributed by atoms with Crippen molar-refractivity contribution in [3.8, 4) is 0 Å². The van der Waals surface area contributed by atoms with Gasteiger partial charge in [0.15, 0.2) is 0 Å². The molecule has 0 aromatic rings. The average molecular weight is 763 g/mol. The molecule has 312 valence electrons. The lowest BCUT2D eigenvalue weighted by Gasteiger charge is -2.25. The Balaban J connectivity index is 4.14. The highest BCUT2D eigenvalue weighted by molar-refractivity contribution is 7.47. The third-order valence-corrected chi connectivity index (χ3v) is 11.2. The third kappa shape index (κ3) is 36.4. The number of phosphoric acid groups is 1. The molecule has 0 rings (SSSR count). The summed E-state index contributed by atoms with van der Waals surface area (Å²) in [6.45, 7) is 4.05. The smallest absolute Gasteiger partial charge is 0.393 e. The van der Waals surface area contributed by atoms with Gasteiger partial charge in [-0.3, -0.25) is 13.8 Å². The van der Waals surface area contributed by atoms with E-state index in [1.165, 1.54) is 154 Å². The summed E-state index contributed by atoms with van der Waals surface area (Å²) >= 11 is 0. The van der Waals surface area contributed by atoms with Crippen LogP contribution < -0.4 is 11.1 Å². The van der Waals surface area contributed by atoms with Crippen molar-refractivity contribution < 1.29 is 33.5 Å². The van der Waals surface area contributed by atoms with Crippen LogP contribution in [-0.2, 0) is 18.4 Å². The van der Waals surface area contributed by atoms with Crippen LogP contribution in [0.3, 0.4) is 0 Å². The number of phosphoric ester groups is 1. The zero-order valence-electron chi connectivity index (χ0n) is 34.2. The largest absolute Gasteiger partial charge is 0.472 e. The molecule has 52 heavy (non-hydrogen) atoms. The van der Waals surface area contributed by atoms with Crippen LogP contribution >= 0.6 is 7.82 Å². The minimum atomic E-state index is -4.37. The van der Waals surface area contributed by atoms with Crippen LogP contribution in [0.15, 0.2) is 0 Å². The Hall–Kier alpha value is -0.540. The second kappa shape index (κ2) is 38.7. The highest BCUT2D eigenvalue weighted by Gasteiger charge is 2.28. The molecule has 0 aromatic carbocycles. The first-order valence-electron chi connectivity index (χ1n) is 22.2. The van der Waals surface area contributed by atoms with Crippen molar-refractivity contribution in [1.29, 1.82) is 0 Å². The first-order chi connectivity index (χ1) is 25.3. The predicted octanol–water partition coefficient (Wildman–Crippen LogP) is 11.2. The molecule has 0 saturated carbocycles. The van der Waals surface area contributed by atoms with E-state index in [0.29, 0.717) is 12.8 Å². The fourth-order valence-corrected chi connectivity index (χ4v) is 7.65. The molecule has 0 saturated heterocycles. The van der Waals surface area contributed by atoms with Crippen molar-refractivity contribution in [2.75, 3.05) is 19.8 Å². The van der Waals surface area contributed by atoms with Gasteiger partial charge in [-0.15, -0.1) is 0 Å². The molecule has 0 aliphatic rings. The molecule has 0 aliphatic heterocycles. The summed E-state index contributed by atoms with van der Waals surface area (Å²) in [4.78, 5) is 22.7. The number of unbranched alkanes of at least 4 members (excludes halogenated alkanes) is 28. The van der Waals surface area contributed by atoms with Crippen LogP contribution in [0.25, 0.3) is 0 Å². The summed E-state index contributed by atoms with van der Waals surface area (Å²) in [5, 5.41) is 24.1. The minimum absolute atomic E-state index is 0.0625. The maximum Gasteiger partial charge on any atom is 0.472 e. The normalized spacial score (nSPS) is 14.7. The summed E-state index contributed by atoms with van der Waals surface area (Å²) in [5.41, 5.74) is 5.36. The monoisotopic (exact) mass is 763 g/mol. The molecule has 10 heteroatoms. The van der Waals surface area contributed by atoms with Crippen LogP contribution in [0.4, 0.5) is 0 Å². The van der Waals surface area contributed by atoms with Crippen molar-refractivity contribution in [2.45, 2.75) is 244 Å². The lowest BCUT2D eigenvalue weighted by molar-refractivity contribution is -0.125. The van der Waals surface area contributed by atoms with Gasteiger partial charge in [0.1, 0.15) is 0 Å². The van der Waals surface area contributed by atoms with Gasteiger partial charge in [0.05, 0.1) is 37.9 Å². The van der Waals surface area contributed by atoms with Crippen molar-refractivity contribution >= 4 is 13.7 Å². The fraction of sp³-hybridized carbons (Fsp3) is 0.976. The summed E-state index contributed by atoms with van der Waals surface area (Å²) in [7, 11) is -4.37. The number of amides is 1. The molecule has 0 bridgehead atoms. The summed E-state index contributed by atoms with van der Waals surface area (Å²) in [5.74, 6) is -0.412. The lowest BCUT2D eigenvalue weighted by atomic mass is 10.0. The Bertz CT molecular complexity index is 806. The van der Waals surface area contributed by atoms with E-state index < -0.39 is 32.0 Å². The second-order valence-corrected chi connectivity index (χ2v) is 16.9. The molecule has 1 amide bonds. The number of carbonyl (C=O) groups excluding carboxylic acids is 1. The standard InChI is InChI=1S/C42H87N2O7P/c1-3-5-7-9-11-13-14-15-16-17-18-19-20-21-22-23-24-26-28-30-32-34-41(46)40(38-51-52(48,49)50-36-35-43)44-42(47)37-39(45)33-31-29-27-25-12-10-8-6-4-2/h39-41,45-46H,3-38,43H2,1-2H3,(H,44,47)(H,48,49). The number of aliphatic hydroxyl groups is 2. The van der Waals surface area contributed by atoms with Crippen molar-refractivity contribution in [3.05, 3.63) is 0 Å². The highest BCUT2D eigenvalue weighted by Crippen LogP contribution is 2.43. The number of carbonyl (C=O) groups is 1. The van der Waals surface area contributed by atoms with Gasteiger partial charge in [-0.25, -0.2) is 4.57 Å². The molecule has 0 heterocycles. The Labute approximate surface area is 321 Å². The molecule has 0 fully saturated rings. The van der Waals surface area contributed by atoms with Crippen LogP contribution in [0.5, 0.6) is 0 Å². The van der Waals surface area contributed by atoms with E-state index >= 15 is 0 Å². The van der Waals surface area contributed by atoms with Gasteiger partial charge in [-0.1, -0.05) is 206 Å². The van der Waals surface area contributed by atoms with E-state index in [4.69, 9.17) is 14.8 Å². The van der Waals surface area contributed by atoms with E-state index in [9.17, 15) is 24.5 Å². The highest BCUT2D eigenvalue weighted by atomic mass is 31.2. The summed E-state index contributed by atoms with van der Waals surface area (Å²) in [6, 6.07) is -0.889.